The zero-order valence-corrected chi connectivity index (χ0v) is 13.8. The van der Waals surface area contributed by atoms with E-state index in [4.69, 9.17) is 0 Å². The molecule has 0 radical (unpaired) electrons. The quantitative estimate of drug-likeness (QED) is 0.430. The zero-order valence-electron chi connectivity index (χ0n) is 13.8. The molecule has 22 heavy (non-hydrogen) atoms. The molecule has 120 valence electrons. The fourth-order valence-corrected chi connectivity index (χ4v) is 2.53. The lowest BCUT2D eigenvalue weighted by atomic mass is 10.0. The van der Waals surface area contributed by atoms with E-state index >= 15 is 0 Å². The third-order valence-electron chi connectivity index (χ3n) is 3.99. The Labute approximate surface area is 134 Å². The predicted molar refractivity (Wildman–Crippen MR) is 95.4 cm³/mol. The molecule has 1 aliphatic carbocycles. The molecule has 3 N–H and O–H groups in total. The molecule has 1 aliphatic rings. The molecule has 0 spiro atoms. The van der Waals surface area contributed by atoms with Crippen molar-refractivity contribution in [3.8, 4) is 0 Å². The van der Waals surface area contributed by atoms with Crippen LogP contribution in [0.15, 0.2) is 47.5 Å². The van der Waals surface area contributed by atoms with Crippen LogP contribution in [0, 0.1) is 5.92 Å². The second-order valence-electron chi connectivity index (χ2n) is 6.10. The van der Waals surface area contributed by atoms with Crippen molar-refractivity contribution in [2.24, 2.45) is 10.9 Å². The van der Waals surface area contributed by atoms with Gasteiger partial charge in [-0.05, 0) is 30.9 Å². The Morgan fingerprint density at radius 2 is 1.86 bits per heavy atom. The standard InChI is InChI=1S/C18H28N4/c1-14(2)17(21-15-9-5-4-6-10-15)13-20-18(19-3)22-16-11-7-8-12-16/h4-10,14,16-17,21H,11-13H2,1-3H3,(H2,19,20,22). The summed E-state index contributed by atoms with van der Waals surface area (Å²) in [6, 6.07) is 11.2. The molecule has 0 bridgehead atoms. The fraction of sp³-hybridized carbons (Fsp3) is 0.500. The van der Waals surface area contributed by atoms with Crippen LogP contribution in [0.2, 0.25) is 0 Å². The molecule has 0 aliphatic heterocycles. The average Bonchev–Trinajstić information content (AvgIpc) is 3.03. The Balaban J connectivity index is 1.84. The molecule has 0 amide bonds. The summed E-state index contributed by atoms with van der Waals surface area (Å²) < 4.78 is 0. The van der Waals surface area contributed by atoms with Gasteiger partial charge in [-0.15, -0.1) is 0 Å². The first-order chi connectivity index (χ1) is 10.7. The predicted octanol–water partition coefficient (Wildman–Crippen LogP) is 3.01. The van der Waals surface area contributed by atoms with Crippen LogP contribution in [0.5, 0.6) is 0 Å². The number of nitrogens with zero attached hydrogens (tertiary/aromatic N) is 1. The molecule has 2 rings (SSSR count). The van der Waals surface area contributed by atoms with Crippen LogP contribution in [0.1, 0.15) is 26.7 Å². The summed E-state index contributed by atoms with van der Waals surface area (Å²) in [5.74, 6) is 1.41. The number of guanidine groups is 1. The minimum atomic E-state index is 0.350. The Morgan fingerprint density at radius 1 is 1.18 bits per heavy atom. The number of rotatable bonds is 6. The maximum Gasteiger partial charge on any atom is 0.191 e. The maximum atomic E-state index is 4.33. The van der Waals surface area contributed by atoms with Gasteiger partial charge in [-0.1, -0.05) is 44.2 Å². The van der Waals surface area contributed by atoms with Crippen molar-refractivity contribution in [2.75, 3.05) is 18.9 Å². The second-order valence-corrected chi connectivity index (χ2v) is 6.10. The van der Waals surface area contributed by atoms with Gasteiger partial charge >= 0.3 is 0 Å². The van der Waals surface area contributed by atoms with Crippen molar-refractivity contribution in [3.05, 3.63) is 42.5 Å². The lowest BCUT2D eigenvalue weighted by molar-refractivity contribution is 0.509. The molecule has 0 heterocycles. The van der Waals surface area contributed by atoms with E-state index in [0.29, 0.717) is 18.0 Å². The molecular weight excluding hydrogens is 272 g/mol. The van der Waals surface area contributed by atoms with E-state index < -0.39 is 0 Å². The number of aliphatic imine (C=N–C) groups is 1. The summed E-state index contributed by atoms with van der Waals surface area (Å²) in [6.45, 7) is 5.31. The molecular formula is C18H28N4. The molecule has 4 heteroatoms. The van der Waals surface area contributed by atoms with Gasteiger partial charge in [0.1, 0.15) is 0 Å². The molecule has 0 aromatic heterocycles. The smallest absolute Gasteiger partial charge is 0.191 e. The number of para-hydroxylation sites is 1. The Bertz CT molecular complexity index is 485. The van der Waals surface area contributed by atoms with Crippen molar-refractivity contribution < 1.29 is 0 Å². The highest BCUT2D eigenvalue weighted by Crippen LogP contribution is 2.12. The van der Waals surface area contributed by atoms with Gasteiger partial charge in [0.15, 0.2) is 5.96 Å². The van der Waals surface area contributed by atoms with Crippen LogP contribution in [0.25, 0.3) is 0 Å². The highest BCUT2D eigenvalue weighted by molar-refractivity contribution is 5.80. The van der Waals surface area contributed by atoms with Crippen LogP contribution in [0.4, 0.5) is 5.69 Å². The van der Waals surface area contributed by atoms with Crippen molar-refractivity contribution in [3.63, 3.8) is 0 Å². The van der Waals surface area contributed by atoms with E-state index in [1.165, 1.54) is 0 Å². The normalized spacial score (nSPS) is 16.8. The summed E-state index contributed by atoms with van der Waals surface area (Å²) in [5, 5.41) is 10.5. The van der Waals surface area contributed by atoms with E-state index in [0.717, 1.165) is 31.0 Å². The van der Waals surface area contributed by atoms with Crippen molar-refractivity contribution in [1.29, 1.82) is 0 Å². The lowest BCUT2D eigenvalue weighted by Gasteiger charge is -2.26. The molecule has 0 fully saturated rings. The highest BCUT2D eigenvalue weighted by Gasteiger charge is 2.15. The Hall–Kier alpha value is -1.97. The van der Waals surface area contributed by atoms with Gasteiger partial charge in [-0.2, -0.15) is 0 Å². The van der Waals surface area contributed by atoms with E-state index in [2.05, 4.69) is 71.2 Å². The minimum Gasteiger partial charge on any atom is -0.380 e. The van der Waals surface area contributed by atoms with E-state index in [1.807, 2.05) is 13.1 Å². The number of benzene rings is 1. The topological polar surface area (TPSA) is 48.5 Å². The lowest BCUT2D eigenvalue weighted by Crippen LogP contribution is -2.47. The molecule has 1 aromatic rings. The van der Waals surface area contributed by atoms with Crippen molar-refractivity contribution >= 4 is 11.6 Å². The maximum absolute atomic E-state index is 4.33. The fourth-order valence-electron chi connectivity index (χ4n) is 2.53. The van der Waals surface area contributed by atoms with Crippen LogP contribution < -0.4 is 16.0 Å². The second kappa shape index (κ2) is 8.47. The highest BCUT2D eigenvalue weighted by atomic mass is 15.2. The molecule has 1 atom stereocenters. The van der Waals surface area contributed by atoms with E-state index in [-0.39, 0.29) is 0 Å². The van der Waals surface area contributed by atoms with Crippen LogP contribution in [0.3, 0.4) is 0 Å². The zero-order chi connectivity index (χ0) is 15.8. The van der Waals surface area contributed by atoms with Gasteiger partial charge in [0.2, 0.25) is 0 Å². The van der Waals surface area contributed by atoms with Crippen LogP contribution in [-0.4, -0.2) is 31.6 Å². The summed E-state index contributed by atoms with van der Waals surface area (Å²) in [6.07, 6.45) is 6.60. The summed E-state index contributed by atoms with van der Waals surface area (Å²) >= 11 is 0. The SMILES string of the molecule is CN=C(NCC(Nc1ccccc1)C(C)C)NC1CC=CC1. The number of nitrogens with one attached hydrogen (secondary N) is 3. The van der Waals surface area contributed by atoms with Gasteiger partial charge in [-0.25, -0.2) is 0 Å². The number of hydrogen-bond acceptors (Lipinski definition) is 2. The van der Waals surface area contributed by atoms with Gasteiger partial charge in [0.05, 0.1) is 0 Å². The first-order valence-corrected chi connectivity index (χ1v) is 8.13. The monoisotopic (exact) mass is 300 g/mol. The molecule has 0 saturated heterocycles. The Morgan fingerprint density at radius 3 is 2.45 bits per heavy atom. The van der Waals surface area contributed by atoms with Crippen molar-refractivity contribution in [2.45, 2.75) is 38.8 Å². The van der Waals surface area contributed by atoms with Gasteiger partial charge in [0.25, 0.3) is 0 Å². The summed E-state index contributed by atoms with van der Waals surface area (Å²) in [5.41, 5.74) is 1.16. The summed E-state index contributed by atoms with van der Waals surface area (Å²) in [4.78, 5) is 4.33. The van der Waals surface area contributed by atoms with Crippen LogP contribution >= 0.6 is 0 Å². The molecule has 0 saturated carbocycles. The third-order valence-corrected chi connectivity index (χ3v) is 3.99. The van der Waals surface area contributed by atoms with E-state index in [1.54, 1.807) is 0 Å². The first-order valence-electron chi connectivity index (χ1n) is 8.13. The van der Waals surface area contributed by atoms with Gasteiger partial charge in [-0.3, -0.25) is 4.99 Å². The largest absolute Gasteiger partial charge is 0.380 e. The van der Waals surface area contributed by atoms with Gasteiger partial charge < -0.3 is 16.0 Å². The first kappa shape index (κ1) is 16.4. The van der Waals surface area contributed by atoms with Crippen LogP contribution in [-0.2, 0) is 0 Å². The third kappa shape index (κ3) is 5.10. The minimum absolute atomic E-state index is 0.350. The summed E-state index contributed by atoms with van der Waals surface area (Å²) in [7, 11) is 1.83. The molecule has 4 nitrogen and oxygen atoms in total. The number of anilines is 1. The molecule has 1 unspecified atom stereocenters. The Kier molecular flexibility index (Phi) is 6.31. The van der Waals surface area contributed by atoms with Gasteiger partial charge in [0, 0.05) is 31.4 Å². The van der Waals surface area contributed by atoms with E-state index in [9.17, 15) is 0 Å². The van der Waals surface area contributed by atoms with Crippen molar-refractivity contribution in [1.82, 2.24) is 10.6 Å². The number of hydrogen-bond donors (Lipinski definition) is 3. The average molecular weight is 300 g/mol. The molecule has 1 aromatic carbocycles.